The van der Waals surface area contributed by atoms with E-state index in [1.807, 2.05) is 6.92 Å². The molecule has 1 aliphatic rings. The molecule has 3 aromatic heterocycles. The van der Waals surface area contributed by atoms with Gasteiger partial charge in [0.1, 0.15) is 29.2 Å². The highest BCUT2D eigenvalue weighted by Gasteiger charge is 2.23. The molecule has 1 aliphatic heterocycles. The Hall–Kier alpha value is -4.38. The van der Waals surface area contributed by atoms with Gasteiger partial charge in [0.15, 0.2) is 11.6 Å². The molecule has 1 N–H and O–H groups in total. The Morgan fingerprint density at radius 2 is 1.84 bits per heavy atom. The maximum atomic E-state index is 9.79. The molecule has 0 atom stereocenters. The summed E-state index contributed by atoms with van der Waals surface area (Å²) in [4.78, 5) is 15.1. The van der Waals surface area contributed by atoms with Crippen molar-refractivity contribution in [3.05, 3.63) is 41.3 Å². The van der Waals surface area contributed by atoms with Gasteiger partial charge in [0.2, 0.25) is 0 Å². The number of hydrogen-bond acceptors (Lipinski definition) is 10. The molecule has 4 rings (SSSR count). The van der Waals surface area contributed by atoms with Gasteiger partial charge in [0.25, 0.3) is 5.95 Å². The first-order valence-electron chi connectivity index (χ1n) is 9.72. The molecule has 0 bridgehead atoms. The minimum Gasteiger partial charge on any atom is -0.371 e. The molecule has 11 nitrogen and oxygen atoms in total. The Morgan fingerprint density at radius 3 is 2.48 bits per heavy atom. The van der Waals surface area contributed by atoms with Gasteiger partial charge in [0, 0.05) is 38.1 Å². The average Bonchev–Trinajstić information content (AvgIpc) is 3.48. The van der Waals surface area contributed by atoms with Crippen LogP contribution in [0.3, 0.4) is 0 Å². The summed E-state index contributed by atoms with van der Waals surface area (Å²) in [5.41, 5.74) is 1.78. The van der Waals surface area contributed by atoms with Crippen molar-refractivity contribution in [1.29, 1.82) is 10.5 Å². The van der Waals surface area contributed by atoms with Crippen molar-refractivity contribution < 1.29 is 0 Å². The van der Waals surface area contributed by atoms with Crippen LogP contribution >= 0.6 is 0 Å². The van der Waals surface area contributed by atoms with E-state index in [2.05, 4.69) is 52.6 Å². The lowest BCUT2D eigenvalue weighted by atomic mass is 10.1. The second kappa shape index (κ2) is 8.55. The molecule has 31 heavy (non-hydrogen) atoms. The van der Waals surface area contributed by atoms with E-state index in [0.717, 1.165) is 25.9 Å². The maximum absolute atomic E-state index is 9.79. The number of rotatable bonds is 5. The fourth-order valence-corrected chi connectivity index (χ4v) is 3.43. The number of nitrogens with zero attached hydrogens (tertiary/aromatic N) is 10. The van der Waals surface area contributed by atoms with E-state index < -0.39 is 0 Å². The lowest BCUT2D eigenvalue weighted by Gasteiger charge is -2.21. The minimum atomic E-state index is 0.192. The first-order valence-corrected chi connectivity index (χ1v) is 9.72. The van der Waals surface area contributed by atoms with E-state index in [4.69, 9.17) is 0 Å². The molecule has 1 saturated heterocycles. The number of azo groups is 1. The Bertz CT molecular complexity index is 1210. The van der Waals surface area contributed by atoms with E-state index in [0.29, 0.717) is 28.5 Å². The zero-order valence-electron chi connectivity index (χ0n) is 17.1. The third-order valence-corrected chi connectivity index (χ3v) is 5.00. The minimum absolute atomic E-state index is 0.192. The van der Waals surface area contributed by atoms with Gasteiger partial charge < -0.3 is 10.2 Å². The van der Waals surface area contributed by atoms with Gasteiger partial charge in [-0.05, 0) is 25.8 Å². The van der Waals surface area contributed by atoms with Crippen LogP contribution in [-0.2, 0) is 0 Å². The van der Waals surface area contributed by atoms with Gasteiger partial charge in [-0.25, -0.2) is 15.0 Å². The summed E-state index contributed by atoms with van der Waals surface area (Å²) in [6.45, 7) is 3.55. The smallest absolute Gasteiger partial charge is 0.252 e. The van der Waals surface area contributed by atoms with E-state index >= 15 is 0 Å². The van der Waals surface area contributed by atoms with Gasteiger partial charge in [-0.2, -0.15) is 20.3 Å². The monoisotopic (exact) mass is 413 g/mol. The van der Waals surface area contributed by atoms with Crippen molar-refractivity contribution in [3.8, 4) is 18.1 Å². The molecule has 0 radical (unpaired) electrons. The average molecular weight is 413 g/mol. The van der Waals surface area contributed by atoms with Crippen LogP contribution in [0.1, 0.15) is 29.5 Å². The zero-order valence-corrected chi connectivity index (χ0v) is 17.1. The Morgan fingerprint density at radius 1 is 1.10 bits per heavy atom. The van der Waals surface area contributed by atoms with Crippen LogP contribution in [-0.4, -0.2) is 44.9 Å². The first kappa shape index (κ1) is 19.9. The van der Waals surface area contributed by atoms with Crippen LogP contribution in [0.25, 0.3) is 5.95 Å². The summed E-state index contributed by atoms with van der Waals surface area (Å²) < 4.78 is 1.34. The van der Waals surface area contributed by atoms with Crippen LogP contribution < -0.4 is 10.2 Å². The van der Waals surface area contributed by atoms with Crippen molar-refractivity contribution in [2.75, 3.05) is 30.4 Å². The second-order valence-electron chi connectivity index (χ2n) is 6.84. The molecular formula is C20H19N11. The standard InChI is InChI=1S/C20H19N11/c1-13-15(11-22)19(30-8-3-4-9-30)27-17(23-2)16(13)28-29-18-14(10-21)12-26-31(18)20-24-6-5-7-25-20/h5-7,12H,3-4,8-9H2,1-2H3,(H,23,27). The van der Waals surface area contributed by atoms with Crippen LogP contribution in [0.4, 0.5) is 23.1 Å². The van der Waals surface area contributed by atoms with Crippen LogP contribution in [0.2, 0.25) is 0 Å². The van der Waals surface area contributed by atoms with Gasteiger partial charge in [-0.3, -0.25) is 0 Å². The lowest BCUT2D eigenvalue weighted by Crippen LogP contribution is -2.21. The maximum Gasteiger partial charge on any atom is 0.252 e. The van der Waals surface area contributed by atoms with Crippen LogP contribution in [0, 0.1) is 29.6 Å². The summed E-state index contributed by atoms with van der Waals surface area (Å²) in [6.07, 6.45) is 6.67. The summed E-state index contributed by atoms with van der Waals surface area (Å²) in [6, 6.07) is 5.99. The van der Waals surface area contributed by atoms with Crippen LogP contribution in [0.15, 0.2) is 34.9 Å². The summed E-state index contributed by atoms with van der Waals surface area (Å²) in [7, 11) is 1.74. The number of hydrogen-bond donors (Lipinski definition) is 1. The first-order chi connectivity index (χ1) is 15.2. The molecule has 11 heteroatoms. The van der Waals surface area contributed by atoms with Gasteiger partial charge in [-0.15, -0.1) is 10.2 Å². The summed E-state index contributed by atoms with van der Waals surface area (Å²) in [5, 5.41) is 35.1. The number of pyridine rings is 1. The van der Waals surface area contributed by atoms with E-state index in [1.165, 1.54) is 10.9 Å². The fraction of sp³-hybridized carbons (Fsp3) is 0.300. The lowest BCUT2D eigenvalue weighted by molar-refractivity contribution is 0.803. The molecule has 3 aromatic rings. The molecule has 0 aliphatic carbocycles. The van der Waals surface area contributed by atoms with Gasteiger partial charge >= 0.3 is 0 Å². The number of nitrogens with one attached hydrogen (secondary N) is 1. The third-order valence-electron chi connectivity index (χ3n) is 5.00. The van der Waals surface area contributed by atoms with Crippen LogP contribution in [0.5, 0.6) is 0 Å². The molecule has 1 fully saturated rings. The normalized spacial score (nSPS) is 13.4. The predicted octanol–water partition coefficient (Wildman–Crippen LogP) is 3.17. The SMILES string of the molecule is CNc1nc(N2CCCC2)c(C#N)c(C)c1N=Nc1c(C#N)cnn1-c1ncccn1. The predicted molar refractivity (Wildman–Crippen MR) is 113 cm³/mol. The molecule has 0 saturated carbocycles. The molecule has 154 valence electrons. The highest BCUT2D eigenvalue weighted by atomic mass is 15.4. The van der Waals surface area contributed by atoms with Gasteiger partial charge in [0.05, 0.1) is 11.8 Å². The molecule has 0 amide bonds. The van der Waals surface area contributed by atoms with Crippen molar-refractivity contribution in [3.63, 3.8) is 0 Å². The number of nitriles is 2. The molecular weight excluding hydrogens is 394 g/mol. The van der Waals surface area contributed by atoms with Crippen molar-refractivity contribution in [2.45, 2.75) is 19.8 Å². The molecule has 4 heterocycles. The highest BCUT2D eigenvalue weighted by molar-refractivity contribution is 5.74. The Kier molecular flexibility index (Phi) is 5.49. The van der Waals surface area contributed by atoms with E-state index in [9.17, 15) is 10.5 Å². The van der Waals surface area contributed by atoms with Crippen molar-refractivity contribution in [2.24, 2.45) is 10.2 Å². The fourth-order valence-electron chi connectivity index (χ4n) is 3.43. The summed E-state index contributed by atoms with van der Waals surface area (Å²) >= 11 is 0. The highest BCUT2D eigenvalue weighted by Crippen LogP contribution is 2.37. The zero-order chi connectivity index (χ0) is 21.8. The molecule has 0 spiro atoms. The number of anilines is 2. The Labute approximate surface area is 178 Å². The van der Waals surface area contributed by atoms with E-state index in [-0.39, 0.29) is 17.3 Å². The molecule has 0 aromatic carbocycles. The summed E-state index contributed by atoms with van der Waals surface area (Å²) in [5.74, 6) is 1.62. The topological polar surface area (TPSA) is 144 Å². The van der Waals surface area contributed by atoms with Gasteiger partial charge in [-0.1, -0.05) is 0 Å². The number of aromatic nitrogens is 5. The Balaban J connectivity index is 1.81. The molecule has 0 unspecified atom stereocenters. The second-order valence-corrected chi connectivity index (χ2v) is 6.84. The third kappa shape index (κ3) is 3.65. The largest absolute Gasteiger partial charge is 0.371 e. The van der Waals surface area contributed by atoms with E-state index in [1.54, 1.807) is 25.5 Å². The van der Waals surface area contributed by atoms with Crippen molar-refractivity contribution in [1.82, 2.24) is 24.7 Å². The van der Waals surface area contributed by atoms with Crippen molar-refractivity contribution >= 4 is 23.1 Å². The quantitative estimate of drug-likeness (QED) is 0.628.